The zero-order valence-corrected chi connectivity index (χ0v) is 13.8. The lowest BCUT2D eigenvalue weighted by atomic mass is 10.1. The lowest BCUT2D eigenvalue weighted by Gasteiger charge is -2.16. The molecule has 1 aromatic carbocycles. The third-order valence-corrected chi connectivity index (χ3v) is 5.36. The molecule has 5 nitrogen and oxygen atoms in total. The van der Waals surface area contributed by atoms with E-state index in [-0.39, 0.29) is 17.5 Å². The normalized spacial score (nSPS) is 12.0. The molecule has 0 saturated carbocycles. The van der Waals surface area contributed by atoms with Gasteiger partial charge in [0.05, 0.1) is 5.88 Å². The Balaban J connectivity index is 2.30. The standard InChI is InChI=1S/C14H18ClN3O2S/c1-10-5-4-6-12(7-10)9-18(3)21(19,20)14-13(8-15)11(2)16-17-14/h4-7H,8-9H2,1-3H3,(H,16,17). The molecule has 0 aliphatic carbocycles. The van der Waals surface area contributed by atoms with Gasteiger partial charge in [-0.2, -0.15) is 9.40 Å². The van der Waals surface area contributed by atoms with Crippen LogP contribution in [0.15, 0.2) is 29.3 Å². The fourth-order valence-corrected chi connectivity index (χ4v) is 3.82. The third kappa shape index (κ3) is 3.28. The Labute approximate surface area is 130 Å². The van der Waals surface area contributed by atoms with Gasteiger partial charge in [0.2, 0.25) is 0 Å². The average molecular weight is 328 g/mol. The molecule has 0 aliphatic rings. The van der Waals surface area contributed by atoms with Crippen molar-refractivity contribution in [1.29, 1.82) is 0 Å². The van der Waals surface area contributed by atoms with Gasteiger partial charge in [-0.05, 0) is 19.4 Å². The van der Waals surface area contributed by atoms with Gasteiger partial charge in [0.15, 0.2) is 5.03 Å². The molecule has 0 saturated heterocycles. The SMILES string of the molecule is Cc1cccc(CN(C)S(=O)(=O)c2n[nH]c(C)c2CCl)c1. The number of H-pyrrole nitrogens is 1. The van der Waals surface area contributed by atoms with Crippen molar-refractivity contribution in [2.24, 2.45) is 0 Å². The number of halogens is 1. The van der Waals surface area contributed by atoms with Crippen molar-refractivity contribution >= 4 is 21.6 Å². The van der Waals surface area contributed by atoms with Crippen LogP contribution in [-0.4, -0.2) is 30.0 Å². The van der Waals surface area contributed by atoms with E-state index in [1.165, 1.54) is 4.31 Å². The Morgan fingerprint density at radius 3 is 2.67 bits per heavy atom. The fraction of sp³-hybridized carbons (Fsp3) is 0.357. The van der Waals surface area contributed by atoms with E-state index in [0.717, 1.165) is 11.1 Å². The number of aryl methyl sites for hydroxylation is 2. The van der Waals surface area contributed by atoms with Gasteiger partial charge in [0.1, 0.15) is 0 Å². The van der Waals surface area contributed by atoms with Crippen molar-refractivity contribution < 1.29 is 8.42 Å². The van der Waals surface area contributed by atoms with Crippen molar-refractivity contribution in [2.45, 2.75) is 31.3 Å². The van der Waals surface area contributed by atoms with Crippen LogP contribution in [0.3, 0.4) is 0 Å². The number of aromatic nitrogens is 2. The van der Waals surface area contributed by atoms with E-state index in [1.807, 2.05) is 31.2 Å². The van der Waals surface area contributed by atoms with Gasteiger partial charge < -0.3 is 0 Å². The summed E-state index contributed by atoms with van der Waals surface area (Å²) in [6.07, 6.45) is 0. The summed E-state index contributed by atoms with van der Waals surface area (Å²) in [5, 5.41) is 6.59. The van der Waals surface area contributed by atoms with Gasteiger partial charge in [0.25, 0.3) is 10.0 Å². The molecule has 0 radical (unpaired) electrons. The fourth-order valence-electron chi connectivity index (χ4n) is 2.10. The van der Waals surface area contributed by atoms with E-state index in [1.54, 1.807) is 14.0 Å². The van der Waals surface area contributed by atoms with Crippen LogP contribution in [-0.2, 0) is 22.4 Å². The summed E-state index contributed by atoms with van der Waals surface area (Å²) >= 11 is 5.83. The highest BCUT2D eigenvalue weighted by Gasteiger charge is 2.27. The minimum absolute atomic E-state index is 0.00477. The molecule has 1 heterocycles. The minimum Gasteiger partial charge on any atom is -0.281 e. The second kappa shape index (κ2) is 6.17. The molecule has 0 aliphatic heterocycles. The molecule has 2 rings (SSSR count). The van der Waals surface area contributed by atoms with Crippen molar-refractivity contribution in [1.82, 2.24) is 14.5 Å². The second-order valence-electron chi connectivity index (χ2n) is 5.02. The summed E-state index contributed by atoms with van der Waals surface area (Å²) in [5.74, 6) is 0.106. The van der Waals surface area contributed by atoms with Crippen LogP contribution in [0.25, 0.3) is 0 Å². The highest BCUT2D eigenvalue weighted by atomic mass is 35.5. The Bertz CT molecular complexity index is 740. The highest BCUT2D eigenvalue weighted by Crippen LogP contribution is 2.22. The number of alkyl halides is 1. The topological polar surface area (TPSA) is 66.1 Å². The zero-order valence-electron chi connectivity index (χ0n) is 12.2. The van der Waals surface area contributed by atoms with Crippen molar-refractivity contribution in [3.8, 4) is 0 Å². The van der Waals surface area contributed by atoms with Crippen LogP contribution in [0.2, 0.25) is 0 Å². The van der Waals surface area contributed by atoms with Crippen molar-refractivity contribution in [2.75, 3.05) is 7.05 Å². The van der Waals surface area contributed by atoms with Crippen molar-refractivity contribution in [3.63, 3.8) is 0 Å². The largest absolute Gasteiger partial charge is 0.281 e. The monoisotopic (exact) mass is 327 g/mol. The number of aromatic amines is 1. The van der Waals surface area contributed by atoms with Gasteiger partial charge in [0, 0.05) is 24.8 Å². The molecular formula is C14H18ClN3O2S. The van der Waals surface area contributed by atoms with Crippen LogP contribution in [0.5, 0.6) is 0 Å². The molecule has 1 aromatic heterocycles. The van der Waals surface area contributed by atoms with Crippen LogP contribution >= 0.6 is 11.6 Å². The summed E-state index contributed by atoms with van der Waals surface area (Å²) in [6, 6.07) is 7.75. The van der Waals surface area contributed by atoms with Gasteiger partial charge in [-0.25, -0.2) is 8.42 Å². The van der Waals surface area contributed by atoms with E-state index in [0.29, 0.717) is 11.3 Å². The van der Waals surface area contributed by atoms with Crippen LogP contribution < -0.4 is 0 Å². The third-order valence-electron chi connectivity index (χ3n) is 3.31. The molecule has 0 amide bonds. The van der Waals surface area contributed by atoms with E-state index in [4.69, 9.17) is 11.6 Å². The number of nitrogens with one attached hydrogen (secondary N) is 1. The van der Waals surface area contributed by atoms with Gasteiger partial charge in [-0.3, -0.25) is 5.10 Å². The second-order valence-corrected chi connectivity index (χ2v) is 7.24. The summed E-state index contributed by atoms with van der Waals surface area (Å²) in [6.45, 7) is 4.02. The lowest BCUT2D eigenvalue weighted by molar-refractivity contribution is 0.463. The highest BCUT2D eigenvalue weighted by molar-refractivity contribution is 7.89. The molecule has 0 fully saturated rings. The Morgan fingerprint density at radius 1 is 1.33 bits per heavy atom. The molecular weight excluding hydrogens is 310 g/mol. The first-order chi connectivity index (χ1) is 9.86. The predicted molar refractivity (Wildman–Crippen MR) is 82.7 cm³/mol. The molecule has 0 bridgehead atoms. The van der Waals surface area contributed by atoms with Crippen LogP contribution in [0.4, 0.5) is 0 Å². The smallest absolute Gasteiger partial charge is 0.262 e. The molecule has 0 spiro atoms. The first-order valence-electron chi connectivity index (χ1n) is 6.48. The maximum atomic E-state index is 12.6. The van der Waals surface area contributed by atoms with E-state index in [9.17, 15) is 8.42 Å². The average Bonchev–Trinajstić information content (AvgIpc) is 2.80. The predicted octanol–water partition coefficient (Wildman–Crippen LogP) is 2.59. The summed E-state index contributed by atoms with van der Waals surface area (Å²) in [4.78, 5) is 0. The molecule has 0 unspecified atom stereocenters. The van der Waals surface area contributed by atoms with Crippen molar-refractivity contribution in [3.05, 3.63) is 46.6 Å². The van der Waals surface area contributed by atoms with Gasteiger partial charge in [-0.15, -0.1) is 11.6 Å². The summed E-state index contributed by atoms with van der Waals surface area (Å²) in [7, 11) is -2.12. The molecule has 2 aromatic rings. The van der Waals surface area contributed by atoms with E-state index < -0.39 is 10.0 Å². The van der Waals surface area contributed by atoms with Crippen LogP contribution in [0.1, 0.15) is 22.4 Å². The number of hydrogen-bond donors (Lipinski definition) is 1. The first kappa shape index (κ1) is 16.0. The maximum absolute atomic E-state index is 12.6. The summed E-state index contributed by atoms with van der Waals surface area (Å²) < 4.78 is 26.5. The van der Waals surface area contributed by atoms with Gasteiger partial charge >= 0.3 is 0 Å². The Morgan fingerprint density at radius 2 is 2.05 bits per heavy atom. The molecule has 1 N–H and O–H groups in total. The van der Waals surface area contributed by atoms with E-state index in [2.05, 4.69) is 10.2 Å². The van der Waals surface area contributed by atoms with Gasteiger partial charge in [-0.1, -0.05) is 29.8 Å². The summed E-state index contributed by atoms with van der Waals surface area (Å²) in [5.41, 5.74) is 3.22. The minimum atomic E-state index is -3.67. The first-order valence-corrected chi connectivity index (χ1v) is 8.45. The number of rotatable bonds is 5. The zero-order chi connectivity index (χ0) is 15.6. The van der Waals surface area contributed by atoms with E-state index >= 15 is 0 Å². The molecule has 21 heavy (non-hydrogen) atoms. The quantitative estimate of drug-likeness (QED) is 0.858. The molecule has 7 heteroatoms. The molecule has 0 atom stereocenters. The lowest BCUT2D eigenvalue weighted by Crippen LogP contribution is -2.27. The van der Waals surface area contributed by atoms with Crippen LogP contribution in [0, 0.1) is 13.8 Å². The number of benzene rings is 1. The maximum Gasteiger partial charge on any atom is 0.262 e. The Hall–Kier alpha value is -1.37. The molecule has 114 valence electrons. The number of sulfonamides is 1. The number of nitrogens with zero attached hydrogens (tertiary/aromatic N) is 2. The Kier molecular flexibility index (Phi) is 4.70. The number of hydrogen-bond acceptors (Lipinski definition) is 3.